The van der Waals surface area contributed by atoms with Gasteiger partial charge >= 0.3 is 6.03 Å². The number of benzene rings is 3. The largest absolute Gasteiger partial charge is 0.378 e. The normalized spacial score (nSPS) is 17.7. The first kappa shape index (κ1) is 19.4. The second-order valence-electron chi connectivity index (χ2n) is 7.31. The third-order valence-corrected chi connectivity index (χ3v) is 5.23. The van der Waals surface area contributed by atoms with Crippen molar-refractivity contribution in [2.24, 2.45) is 0 Å². The molecule has 1 heterocycles. The number of hydrogen-bond acceptors (Lipinski definition) is 4. The van der Waals surface area contributed by atoms with E-state index in [0.29, 0.717) is 5.69 Å². The van der Waals surface area contributed by atoms with Gasteiger partial charge in [-0.25, -0.2) is 4.79 Å². The number of nitrogens with one attached hydrogen (secondary N) is 2. The van der Waals surface area contributed by atoms with Crippen LogP contribution in [0.3, 0.4) is 0 Å². The molecule has 0 unspecified atom stereocenters. The molecule has 3 aromatic carbocycles. The van der Waals surface area contributed by atoms with E-state index in [2.05, 4.69) is 10.6 Å². The molecule has 0 saturated heterocycles. The van der Waals surface area contributed by atoms with Crippen molar-refractivity contribution in [1.82, 2.24) is 0 Å². The smallest absolute Gasteiger partial charge is 0.326 e. The van der Waals surface area contributed by atoms with Crippen LogP contribution in [0, 0.1) is 10.1 Å². The van der Waals surface area contributed by atoms with E-state index in [-0.39, 0.29) is 23.8 Å². The van der Waals surface area contributed by atoms with Crippen molar-refractivity contribution in [3.63, 3.8) is 0 Å². The number of non-ortho nitro benzene ring substituents is 1. The van der Waals surface area contributed by atoms with Crippen LogP contribution in [0.15, 0.2) is 78.9 Å². The summed E-state index contributed by atoms with van der Waals surface area (Å²) in [5.74, 6) is 0. The van der Waals surface area contributed by atoms with Gasteiger partial charge in [0.25, 0.3) is 5.69 Å². The maximum absolute atomic E-state index is 13.1. The minimum atomic E-state index is -0.478. The van der Waals surface area contributed by atoms with E-state index in [1.165, 1.54) is 12.1 Å². The van der Waals surface area contributed by atoms with Gasteiger partial charge in [0.1, 0.15) is 0 Å². The zero-order valence-corrected chi connectivity index (χ0v) is 16.5. The monoisotopic (exact) mass is 402 g/mol. The van der Waals surface area contributed by atoms with Gasteiger partial charge in [-0.15, -0.1) is 0 Å². The third-order valence-electron chi connectivity index (χ3n) is 5.23. The highest BCUT2D eigenvalue weighted by molar-refractivity contribution is 6.03. The summed E-state index contributed by atoms with van der Waals surface area (Å²) in [5, 5.41) is 17.4. The summed E-state index contributed by atoms with van der Waals surface area (Å²) in [6, 6.07) is 23.5. The van der Waals surface area contributed by atoms with Crippen LogP contribution in [-0.4, -0.2) is 17.0 Å². The Morgan fingerprint density at radius 1 is 1.00 bits per heavy atom. The lowest BCUT2D eigenvalue weighted by Crippen LogP contribution is -2.46. The molecule has 2 atom stereocenters. The molecule has 0 spiro atoms. The number of para-hydroxylation sites is 2. The molecule has 0 saturated carbocycles. The summed E-state index contributed by atoms with van der Waals surface area (Å²) in [6.45, 7) is 2.00. The Bertz CT molecular complexity index is 1070. The van der Waals surface area contributed by atoms with Gasteiger partial charge in [0, 0.05) is 29.5 Å². The second-order valence-corrected chi connectivity index (χ2v) is 7.31. The molecule has 0 aliphatic carbocycles. The number of urea groups is 1. The van der Waals surface area contributed by atoms with Crippen molar-refractivity contribution in [2.75, 3.05) is 15.5 Å². The Morgan fingerprint density at radius 3 is 2.47 bits per heavy atom. The Hall–Kier alpha value is -3.87. The minimum Gasteiger partial charge on any atom is -0.378 e. The fourth-order valence-corrected chi connectivity index (χ4v) is 3.88. The van der Waals surface area contributed by atoms with Gasteiger partial charge < -0.3 is 10.6 Å². The number of nitro groups is 1. The fourth-order valence-electron chi connectivity index (χ4n) is 3.88. The number of rotatable bonds is 4. The fraction of sp³-hybridized carbons (Fsp3) is 0.174. The average Bonchev–Trinajstić information content (AvgIpc) is 2.74. The van der Waals surface area contributed by atoms with E-state index in [4.69, 9.17) is 0 Å². The van der Waals surface area contributed by atoms with Gasteiger partial charge in [-0.05, 0) is 43.2 Å². The standard InChI is InChI=1S/C23H22N4O3/c1-16-14-21(24-17-8-3-2-4-9-17)20-12-5-6-13-22(20)26(16)23(28)25-18-10-7-11-19(15-18)27(29)30/h2-13,15-16,21,24H,14H2,1H3,(H,25,28)/t16-,21-/m0/s1. The van der Waals surface area contributed by atoms with Gasteiger partial charge in [-0.2, -0.15) is 0 Å². The van der Waals surface area contributed by atoms with Crippen molar-refractivity contribution in [1.29, 1.82) is 0 Å². The van der Waals surface area contributed by atoms with Gasteiger partial charge in [0.15, 0.2) is 0 Å². The second kappa shape index (κ2) is 8.24. The van der Waals surface area contributed by atoms with Gasteiger partial charge in [-0.1, -0.05) is 42.5 Å². The van der Waals surface area contributed by atoms with Crippen LogP contribution in [-0.2, 0) is 0 Å². The summed E-state index contributed by atoms with van der Waals surface area (Å²) in [5.41, 5.74) is 3.22. The molecule has 0 aromatic heterocycles. The maximum Gasteiger partial charge on any atom is 0.326 e. The molecular weight excluding hydrogens is 380 g/mol. The summed E-state index contributed by atoms with van der Waals surface area (Å²) in [6.07, 6.45) is 0.730. The lowest BCUT2D eigenvalue weighted by Gasteiger charge is -2.39. The summed E-state index contributed by atoms with van der Waals surface area (Å²) >= 11 is 0. The number of amides is 2. The van der Waals surface area contributed by atoms with E-state index in [1.54, 1.807) is 17.0 Å². The van der Waals surface area contributed by atoms with Crippen LogP contribution in [0.4, 0.5) is 27.5 Å². The highest BCUT2D eigenvalue weighted by atomic mass is 16.6. The van der Waals surface area contributed by atoms with Crippen LogP contribution < -0.4 is 15.5 Å². The van der Waals surface area contributed by atoms with Crippen LogP contribution in [0.5, 0.6) is 0 Å². The Kier molecular flexibility index (Phi) is 5.34. The van der Waals surface area contributed by atoms with Crippen molar-refractivity contribution < 1.29 is 9.72 Å². The molecule has 3 aromatic rings. The predicted molar refractivity (Wildman–Crippen MR) is 118 cm³/mol. The summed E-state index contributed by atoms with van der Waals surface area (Å²) < 4.78 is 0. The van der Waals surface area contributed by atoms with Crippen LogP contribution >= 0.6 is 0 Å². The molecule has 2 N–H and O–H groups in total. The molecule has 0 fully saturated rings. The third kappa shape index (κ3) is 3.96. The average molecular weight is 402 g/mol. The van der Waals surface area contributed by atoms with E-state index < -0.39 is 4.92 Å². The lowest BCUT2D eigenvalue weighted by molar-refractivity contribution is -0.384. The van der Waals surface area contributed by atoms with E-state index in [1.807, 2.05) is 61.5 Å². The molecule has 152 valence electrons. The Balaban J connectivity index is 1.60. The van der Waals surface area contributed by atoms with Crippen LogP contribution in [0.25, 0.3) is 0 Å². The van der Waals surface area contributed by atoms with Gasteiger partial charge in [-0.3, -0.25) is 15.0 Å². The number of hydrogen-bond donors (Lipinski definition) is 2. The number of anilines is 3. The molecule has 4 rings (SSSR count). The molecule has 1 aliphatic rings. The molecular formula is C23H22N4O3. The topological polar surface area (TPSA) is 87.5 Å². The van der Waals surface area contributed by atoms with Crippen LogP contribution in [0.2, 0.25) is 0 Å². The number of carbonyl (C=O) groups is 1. The summed E-state index contributed by atoms with van der Waals surface area (Å²) in [4.78, 5) is 25.4. The predicted octanol–water partition coefficient (Wildman–Crippen LogP) is 5.58. The maximum atomic E-state index is 13.1. The first-order valence-electron chi connectivity index (χ1n) is 9.78. The zero-order chi connectivity index (χ0) is 21.1. The number of nitro benzene ring substituents is 1. The van der Waals surface area contributed by atoms with E-state index in [0.717, 1.165) is 23.4 Å². The van der Waals surface area contributed by atoms with E-state index >= 15 is 0 Å². The first-order chi connectivity index (χ1) is 14.5. The number of fused-ring (bicyclic) bond motifs is 1. The molecule has 7 nitrogen and oxygen atoms in total. The first-order valence-corrected chi connectivity index (χ1v) is 9.78. The van der Waals surface area contributed by atoms with Crippen LogP contribution in [0.1, 0.15) is 24.9 Å². The molecule has 30 heavy (non-hydrogen) atoms. The Labute approximate surface area is 174 Å². The summed E-state index contributed by atoms with van der Waals surface area (Å²) in [7, 11) is 0. The minimum absolute atomic E-state index is 0.0629. The quantitative estimate of drug-likeness (QED) is 0.441. The molecule has 0 bridgehead atoms. The van der Waals surface area contributed by atoms with Crippen molar-refractivity contribution in [2.45, 2.75) is 25.4 Å². The van der Waals surface area contributed by atoms with E-state index in [9.17, 15) is 14.9 Å². The van der Waals surface area contributed by atoms with Gasteiger partial charge in [0.05, 0.1) is 16.7 Å². The van der Waals surface area contributed by atoms with Crippen molar-refractivity contribution in [3.05, 3.63) is 94.5 Å². The van der Waals surface area contributed by atoms with Crippen molar-refractivity contribution in [3.8, 4) is 0 Å². The zero-order valence-electron chi connectivity index (χ0n) is 16.5. The molecule has 7 heteroatoms. The molecule has 2 amide bonds. The lowest BCUT2D eigenvalue weighted by atomic mass is 9.91. The highest BCUT2D eigenvalue weighted by Crippen LogP contribution is 2.39. The molecule has 1 aliphatic heterocycles. The highest BCUT2D eigenvalue weighted by Gasteiger charge is 2.33. The number of nitrogens with zero attached hydrogens (tertiary/aromatic N) is 2. The van der Waals surface area contributed by atoms with Crippen molar-refractivity contribution >= 4 is 28.8 Å². The van der Waals surface area contributed by atoms with Gasteiger partial charge in [0.2, 0.25) is 0 Å². The Morgan fingerprint density at radius 2 is 1.70 bits per heavy atom. The number of carbonyl (C=O) groups excluding carboxylic acids is 1. The SMILES string of the molecule is C[C@H]1C[C@H](Nc2ccccc2)c2ccccc2N1C(=O)Nc1cccc([N+](=O)[O-])c1. The molecule has 0 radical (unpaired) electrons.